The lowest BCUT2D eigenvalue weighted by Gasteiger charge is -2.26. The Balaban J connectivity index is 1.30. The van der Waals surface area contributed by atoms with E-state index in [2.05, 4.69) is 39.1 Å². The molecule has 2 aliphatic rings. The van der Waals surface area contributed by atoms with Crippen molar-refractivity contribution in [3.8, 4) is 22.9 Å². The Morgan fingerprint density at radius 3 is 2.52 bits per heavy atom. The van der Waals surface area contributed by atoms with Crippen molar-refractivity contribution >= 4 is 10.6 Å². The van der Waals surface area contributed by atoms with E-state index in [0.717, 1.165) is 36.6 Å². The van der Waals surface area contributed by atoms with Gasteiger partial charge in [-0.2, -0.15) is 10.6 Å². The SMILES string of the molecule is N=[S-](=O)c1cnc(-c2ccc(CN3CCC[C@@H]3c3ccc4c(c3)OCCO4)cc2)nc1. The van der Waals surface area contributed by atoms with E-state index in [1.165, 1.54) is 29.9 Å². The highest BCUT2D eigenvalue weighted by atomic mass is 32.2. The summed E-state index contributed by atoms with van der Waals surface area (Å²) in [6.07, 6.45) is 5.20. The van der Waals surface area contributed by atoms with Gasteiger partial charge in [-0.05, 0) is 42.6 Å². The summed E-state index contributed by atoms with van der Waals surface area (Å²) in [6.45, 7) is 3.15. The molecule has 7 nitrogen and oxygen atoms in total. The van der Waals surface area contributed by atoms with Crippen LogP contribution in [0.15, 0.2) is 59.8 Å². The molecule has 1 saturated heterocycles. The number of nitrogens with zero attached hydrogens (tertiary/aromatic N) is 3. The van der Waals surface area contributed by atoms with Gasteiger partial charge in [0, 0.05) is 30.5 Å². The zero-order valence-electron chi connectivity index (χ0n) is 17.0. The second kappa shape index (κ2) is 8.64. The predicted molar refractivity (Wildman–Crippen MR) is 116 cm³/mol. The Hall–Kier alpha value is -2.97. The van der Waals surface area contributed by atoms with E-state index in [4.69, 9.17) is 14.3 Å². The average molecular weight is 436 g/mol. The first-order valence-corrected chi connectivity index (χ1v) is 11.5. The van der Waals surface area contributed by atoms with E-state index in [1.54, 1.807) is 0 Å². The van der Waals surface area contributed by atoms with Crippen molar-refractivity contribution in [2.45, 2.75) is 30.3 Å². The molecule has 160 valence electrons. The maximum absolute atomic E-state index is 11.2. The van der Waals surface area contributed by atoms with Crippen LogP contribution < -0.4 is 9.47 Å². The predicted octanol–water partition coefficient (Wildman–Crippen LogP) is 4.34. The van der Waals surface area contributed by atoms with Gasteiger partial charge < -0.3 is 18.5 Å². The number of hydrogen-bond donors (Lipinski definition) is 1. The lowest BCUT2D eigenvalue weighted by molar-refractivity contribution is 0.170. The summed E-state index contributed by atoms with van der Waals surface area (Å²) < 4.78 is 29.8. The van der Waals surface area contributed by atoms with Crippen LogP contribution in [0.3, 0.4) is 0 Å². The Morgan fingerprint density at radius 1 is 1.03 bits per heavy atom. The zero-order valence-corrected chi connectivity index (χ0v) is 17.8. The molecule has 1 aromatic heterocycles. The van der Waals surface area contributed by atoms with E-state index < -0.39 is 10.6 Å². The number of ether oxygens (including phenoxy) is 2. The van der Waals surface area contributed by atoms with Gasteiger partial charge >= 0.3 is 0 Å². The highest BCUT2D eigenvalue weighted by Crippen LogP contribution is 2.38. The molecule has 31 heavy (non-hydrogen) atoms. The van der Waals surface area contributed by atoms with Gasteiger partial charge in [0.05, 0.1) is 0 Å². The Morgan fingerprint density at radius 2 is 1.77 bits per heavy atom. The van der Waals surface area contributed by atoms with Gasteiger partial charge in [0.25, 0.3) is 0 Å². The molecular formula is C23H23N4O3S-. The maximum atomic E-state index is 11.2. The minimum Gasteiger partial charge on any atom is -0.486 e. The fourth-order valence-corrected chi connectivity index (χ4v) is 4.51. The van der Waals surface area contributed by atoms with Gasteiger partial charge in [-0.1, -0.05) is 35.2 Å². The fourth-order valence-electron chi connectivity index (χ4n) is 4.21. The second-order valence-corrected chi connectivity index (χ2v) is 8.75. The fraction of sp³-hybridized carbons (Fsp3) is 0.304. The van der Waals surface area contributed by atoms with Crippen molar-refractivity contribution in [2.75, 3.05) is 19.8 Å². The van der Waals surface area contributed by atoms with E-state index in [9.17, 15) is 4.21 Å². The molecule has 0 radical (unpaired) electrons. The van der Waals surface area contributed by atoms with Crippen LogP contribution in [0.25, 0.3) is 11.4 Å². The molecule has 3 aromatic rings. The number of aromatic nitrogens is 2. The van der Waals surface area contributed by atoms with Crippen molar-refractivity contribution in [3.63, 3.8) is 0 Å². The Bertz CT molecular complexity index is 1140. The maximum Gasteiger partial charge on any atom is 0.161 e. The third-order valence-corrected chi connectivity index (χ3v) is 6.39. The summed E-state index contributed by atoms with van der Waals surface area (Å²) in [7, 11) is -1.82. The van der Waals surface area contributed by atoms with Crippen LogP contribution in [0, 0.1) is 4.78 Å². The van der Waals surface area contributed by atoms with Gasteiger partial charge in [-0.25, -0.2) is 9.97 Å². The van der Waals surface area contributed by atoms with Gasteiger partial charge in [0.1, 0.15) is 13.2 Å². The van der Waals surface area contributed by atoms with Crippen LogP contribution in [0.5, 0.6) is 11.5 Å². The molecule has 0 saturated carbocycles. The summed E-state index contributed by atoms with van der Waals surface area (Å²) >= 11 is 0. The lowest BCUT2D eigenvalue weighted by atomic mass is 10.0. The normalized spacial score (nSPS) is 18.4. The van der Waals surface area contributed by atoms with Crippen molar-refractivity contribution < 1.29 is 13.7 Å². The Labute approximate surface area is 183 Å². The van der Waals surface area contributed by atoms with Crippen molar-refractivity contribution in [1.29, 1.82) is 4.78 Å². The minimum absolute atomic E-state index is 0.305. The molecule has 2 aromatic carbocycles. The van der Waals surface area contributed by atoms with Crippen molar-refractivity contribution in [2.24, 2.45) is 0 Å². The molecule has 2 aliphatic heterocycles. The summed E-state index contributed by atoms with van der Waals surface area (Å²) in [4.78, 5) is 11.3. The van der Waals surface area contributed by atoms with Crippen molar-refractivity contribution in [1.82, 2.24) is 14.9 Å². The Kier molecular flexibility index (Phi) is 5.57. The van der Waals surface area contributed by atoms with Crippen LogP contribution in [-0.4, -0.2) is 34.6 Å². The van der Waals surface area contributed by atoms with Gasteiger partial charge in [0.2, 0.25) is 0 Å². The molecule has 0 amide bonds. The third kappa shape index (κ3) is 4.26. The standard InChI is InChI=1S/C23H23N4O3S/c24-31(28)19-13-25-23(26-14-19)17-5-3-16(4-6-17)15-27-9-1-2-20(27)18-7-8-21-22(12-18)30-11-10-29-21/h3-8,12-14,20,24H,1-2,9-11,15H2/q-1/t20-/m1/s1. The van der Waals surface area contributed by atoms with E-state index in [0.29, 0.717) is 30.0 Å². The van der Waals surface area contributed by atoms with Gasteiger partial charge in [-0.3, -0.25) is 4.90 Å². The van der Waals surface area contributed by atoms with Gasteiger partial charge in [0.15, 0.2) is 17.3 Å². The van der Waals surface area contributed by atoms with E-state index >= 15 is 0 Å². The molecule has 5 rings (SSSR count). The summed E-state index contributed by atoms with van der Waals surface area (Å²) in [5.41, 5.74) is 3.41. The molecule has 0 bridgehead atoms. The van der Waals surface area contributed by atoms with Crippen LogP contribution in [0.1, 0.15) is 30.0 Å². The largest absolute Gasteiger partial charge is 0.486 e. The first-order chi connectivity index (χ1) is 15.2. The molecule has 0 aliphatic carbocycles. The summed E-state index contributed by atoms with van der Waals surface area (Å²) in [5.74, 6) is 2.25. The molecular weight excluding hydrogens is 412 g/mol. The molecule has 8 heteroatoms. The number of nitrogens with one attached hydrogen (secondary N) is 1. The highest BCUT2D eigenvalue weighted by Gasteiger charge is 2.27. The highest BCUT2D eigenvalue weighted by molar-refractivity contribution is 7.73. The number of rotatable bonds is 5. The summed E-state index contributed by atoms with van der Waals surface area (Å²) in [5, 5.41) is 0. The minimum atomic E-state index is -1.82. The summed E-state index contributed by atoms with van der Waals surface area (Å²) in [6, 6.07) is 14.9. The third-order valence-electron chi connectivity index (χ3n) is 5.75. The van der Waals surface area contributed by atoms with Crippen LogP contribution >= 0.6 is 0 Å². The topological polar surface area (TPSA) is 88.4 Å². The quantitative estimate of drug-likeness (QED) is 0.600. The van der Waals surface area contributed by atoms with Crippen LogP contribution in [-0.2, 0) is 21.3 Å². The molecule has 0 unspecified atom stereocenters. The molecule has 1 atom stereocenters. The smallest absolute Gasteiger partial charge is 0.161 e. The van der Waals surface area contributed by atoms with Crippen LogP contribution in [0.4, 0.5) is 0 Å². The number of fused-ring (bicyclic) bond motifs is 1. The lowest BCUT2D eigenvalue weighted by Crippen LogP contribution is -2.23. The zero-order chi connectivity index (χ0) is 21.2. The number of hydrogen-bond acceptors (Lipinski definition) is 8. The molecule has 0 spiro atoms. The van der Waals surface area contributed by atoms with Crippen molar-refractivity contribution in [3.05, 3.63) is 66.0 Å². The number of likely N-dealkylation sites (tertiary alicyclic amines) is 1. The van der Waals surface area contributed by atoms with E-state index in [-0.39, 0.29) is 0 Å². The monoisotopic (exact) mass is 435 g/mol. The molecule has 3 heterocycles. The second-order valence-electron chi connectivity index (χ2n) is 7.74. The van der Waals surface area contributed by atoms with Gasteiger partial charge in [-0.15, -0.1) is 0 Å². The molecule has 1 fully saturated rings. The first-order valence-electron chi connectivity index (χ1n) is 10.4. The van der Waals surface area contributed by atoms with E-state index in [1.807, 2.05) is 18.2 Å². The number of benzene rings is 2. The molecule has 1 N–H and O–H groups in total. The van der Waals surface area contributed by atoms with Crippen LogP contribution in [0.2, 0.25) is 0 Å². The first kappa shape index (κ1) is 20.0. The average Bonchev–Trinajstić information content (AvgIpc) is 3.27.